The van der Waals surface area contributed by atoms with Gasteiger partial charge in [-0.3, -0.25) is 4.99 Å². The number of nitrogens with two attached hydrogens (primary N) is 1. The first-order chi connectivity index (χ1) is 9.15. The fourth-order valence-corrected chi connectivity index (χ4v) is 2.68. The summed E-state index contributed by atoms with van der Waals surface area (Å²) >= 11 is 0. The van der Waals surface area contributed by atoms with E-state index in [9.17, 15) is 0 Å². The summed E-state index contributed by atoms with van der Waals surface area (Å²) in [4.78, 5) is 6.90. The highest BCUT2D eigenvalue weighted by atomic mass is 16.5. The van der Waals surface area contributed by atoms with Gasteiger partial charge in [-0.15, -0.1) is 0 Å². The van der Waals surface area contributed by atoms with E-state index in [1.807, 2.05) is 6.92 Å². The van der Waals surface area contributed by atoms with Crippen LogP contribution >= 0.6 is 0 Å². The molecule has 2 rings (SSSR count). The number of nitrogens with zero attached hydrogens (tertiary/aromatic N) is 2. The molecule has 0 atom stereocenters. The van der Waals surface area contributed by atoms with E-state index in [2.05, 4.69) is 16.8 Å². The Labute approximate surface area is 117 Å². The van der Waals surface area contributed by atoms with Crippen molar-refractivity contribution in [1.29, 1.82) is 0 Å². The Morgan fingerprint density at radius 1 is 1.37 bits per heavy atom. The van der Waals surface area contributed by atoms with Crippen LogP contribution in [0.3, 0.4) is 0 Å². The van der Waals surface area contributed by atoms with Gasteiger partial charge in [-0.05, 0) is 50.4 Å². The molecule has 1 heterocycles. The standard InChI is InChI=1S/C15H29N3O/c1-3-19-11-8-15(6-7-15)12-17-14(16)18-9-4-13(2)5-10-18/h13H,3-12H2,1-2H3,(H2,16,17). The van der Waals surface area contributed by atoms with E-state index in [0.29, 0.717) is 5.41 Å². The van der Waals surface area contributed by atoms with Crippen LogP contribution in [0.5, 0.6) is 0 Å². The van der Waals surface area contributed by atoms with Gasteiger partial charge in [0.25, 0.3) is 0 Å². The first kappa shape index (κ1) is 14.6. The maximum absolute atomic E-state index is 6.13. The minimum Gasteiger partial charge on any atom is -0.382 e. The van der Waals surface area contributed by atoms with E-state index in [0.717, 1.165) is 51.1 Å². The van der Waals surface area contributed by atoms with Crippen molar-refractivity contribution in [2.75, 3.05) is 32.8 Å². The molecule has 2 N–H and O–H groups in total. The van der Waals surface area contributed by atoms with Crippen molar-refractivity contribution >= 4 is 5.96 Å². The van der Waals surface area contributed by atoms with Crippen LogP contribution < -0.4 is 5.73 Å². The van der Waals surface area contributed by atoms with Crippen LogP contribution in [0.2, 0.25) is 0 Å². The summed E-state index contributed by atoms with van der Waals surface area (Å²) in [5.41, 5.74) is 6.53. The van der Waals surface area contributed by atoms with Crippen LogP contribution in [-0.2, 0) is 4.74 Å². The van der Waals surface area contributed by atoms with Gasteiger partial charge in [0.2, 0.25) is 0 Å². The van der Waals surface area contributed by atoms with Gasteiger partial charge in [0.1, 0.15) is 0 Å². The zero-order chi connectivity index (χ0) is 13.7. The van der Waals surface area contributed by atoms with Crippen LogP contribution in [0.15, 0.2) is 4.99 Å². The predicted octanol–water partition coefficient (Wildman–Crippen LogP) is 2.24. The van der Waals surface area contributed by atoms with Crippen molar-refractivity contribution < 1.29 is 4.74 Å². The molecule has 2 aliphatic rings. The van der Waals surface area contributed by atoms with Crippen molar-refractivity contribution in [3.8, 4) is 0 Å². The molecule has 0 bridgehead atoms. The second kappa shape index (κ2) is 6.60. The number of hydrogen-bond donors (Lipinski definition) is 1. The number of rotatable bonds is 6. The average molecular weight is 267 g/mol. The molecule has 0 aromatic carbocycles. The summed E-state index contributed by atoms with van der Waals surface area (Å²) < 4.78 is 5.45. The summed E-state index contributed by atoms with van der Waals surface area (Å²) in [7, 11) is 0. The maximum Gasteiger partial charge on any atom is 0.191 e. The lowest BCUT2D eigenvalue weighted by molar-refractivity contribution is 0.129. The monoisotopic (exact) mass is 267 g/mol. The van der Waals surface area contributed by atoms with Crippen molar-refractivity contribution in [1.82, 2.24) is 4.90 Å². The fraction of sp³-hybridized carbons (Fsp3) is 0.933. The molecule has 4 heteroatoms. The Hall–Kier alpha value is -0.770. The Morgan fingerprint density at radius 3 is 2.63 bits per heavy atom. The molecule has 4 nitrogen and oxygen atoms in total. The third-order valence-corrected chi connectivity index (χ3v) is 4.62. The van der Waals surface area contributed by atoms with E-state index in [-0.39, 0.29) is 0 Å². The average Bonchev–Trinajstić information content (AvgIpc) is 3.18. The minimum atomic E-state index is 0.406. The van der Waals surface area contributed by atoms with Gasteiger partial charge in [0.05, 0.1) is 0 Å². The molecule has 1 saturated carbocycles. The Bertz CT molecular complexity index is 305. The van der Waals surface area contributed by atoms with Crippen molar-refractivity contribution in [3.05, 3.63) is 0 Å². The van der Waals surface area contributed by atoms with Gasteiger partial charge in [-0.1, -0.05) is 6.92 Å². The number of guanidine groups is 1. The summed E-state index contributed by atoms with van der Waals surface area (Å²) in [5.74, 6) is 1.60. The van der Waals surface area contributed by atoms with Crippen LogP contribution in [0.4, 0.5) is 0 Å². The lowest BCUT2D eigenvalue weighted by atomic mass is 9.99. The minimum absolute atomic E-state index is 0.406. The molecule has 0 spiro atoms. The Kier molecular flexibility index (Phi) is 5.08. The van der Waals surface area contributed by atoms with Gasteiger partial charge < -0.3 is 15.4 Å². The molecule has 1 aliphatic heterocycles. The molecule has 2 fully saturated rings. The second-order valence-electron chi connectivity index (χ2n) is 6.29. The smallest absolute Gasteiger partial charge is 0.191 e. The molecule has 1 saturated heterocycles. The highest BCUT2D eigenvalue weighted by Crippen LogP contribution is 2.49. The molecule has 0 amide bonds. The van der Waals surface area contributed by atoms with Crippen LogP contribution in [0.25, 0.3) is 0 Å². The quantitative estimate of drug-likeness (QED) is 0.456. The van der Waals surface area contributed by atoms with Gasteiger partial charge in [0, 0.05) is 32.8 Å². The summed E-state index contributed by atoms with van der Waals surface area (Å²) in [6, 6.07) is 0. The predicted molar refractivity (Wildman–Crippen MR) is 79.2 cm³/mol. The number of hydrogen-bond acceptors (Lipinski definition) is 2. The Balaban J connectivity index is 1.75. The number of aliphatic imine (C=N–C) groups is 1. The van der Waals surface area contributed by atoms with Crippen molar-refractivity contribution in [2.45, 2.75) is 46.0 Å². The van der Waals surface area contributed by atoms with Gasteiger partial charge >= 0.3 is 0 Å². The van der Waals surface area contributed by atoms with E-state index in [4.69, 9.17) is 10.5 Å². The van der Waals surface area contributed by atoms with Gasteiger partial charge in [-0.2, -0.15) is 0 Å². The lowest BCUT2D eigenvalue weighted by Crippen LogP contribution is -2.42. The number of piperidine rings is 1. The number of likely N-dealkylation sites (tertiary alicyclic amines) is 1. The third-order valence-electron chi connectivity index (χ3n) is 4.62. The molecular formula is C15H29N3O. The van der Waals surface area contributed by atoms with E-state index < -0.39 is 0 Å². The maximum atomic E-state index is 6.13. The molecule has 1 aliphatic carbocycles. The van der Waals surface area contributed by atoms with Crippen LogP contribution in [0, 0.1) is 11.3 Å². The summed E-state index contributed by atoms with van der Waals surface area (Å²) in [6.45, 7) is 9.08. The molecule has 0 aromatic rings. The molecule has 0 aromatic heterocycles. The second-order valence-corrected chi connectivity index (χ2v) is 6.29. The molecule has 0 unspecified atom stereocenters. The van der Waals surface area contributed by atoms with Gasteiger partial charge in [-0.25, -0.2) is 0 Å². The van der Waals surface area contributed by atoms with Crippen LogP contribution in [-0.4, -0.2) is 43.7 Å². The van der Waals surface area contributed by atoms with Crippen molar-refractivity contribution in [2.24, 2.45) is 22.1 Å². The molecular weight excluding hydrogens is 238 g/mol. The normalized spacial score (nSPS) is 23.7. The van der Waals surface area contributed by atoms with E-state index in [1.54, 1.807) is 0 Å². The van der Waals surface area contributed by atoms with Crippen molar-refractivity contribution in [3.63, 3.8) is 0 Å². The lowest BCUT2D eigenvalue weighted by Gasteiger charge is -2.31. The molecule has 19 heavy (non-hydrogen) atoms. The first-order valence-electron chi connectivity index (χ1n) is 7.78. The SMILES string of the molecule is CCOCCC1(CN=C(N)N2CCC(C)CC2)CC1. The first-order valence-corrected chi connectivity index (χ1v) is 7.78. The van der Waals surface area contributed by atoms with Gasteiger partial charge in [0.15, 0.2) is 5.96 Å². The highest BCUT2D eigenvalue weighted by molar-refractivity contribution is 5.78. The zero-order valence-corrected chi connectivity index (χ0v) is 12.5. The van der Waals surface area contributed by atoms with Crippen LogP contribution in [0.1, 0.15) is 46.0 Å². The zero-order valence-electron chi connectivity index (χ0n) is 12.5. The highest BCUT2D eigenvalue weighted by Gasteiger charge is 2.42. The Morgan fingerprint density at radius 2 is 2.05 bits per heavy atom. The summed E-state index contributed by atoms with van der Waals surface area (Å²) in [6.07, 6.45) is 6.19. The summed E-state index contributed by atoms with van der Waals surface area (Å²) in [5, 5.41) is 0. The fourth-order valence-electron chi connectivity index (χ4n) is 2.68. The molecule has 110 valence electrons. The van der Waals surface area contributed by atoms with E-state index in [1.165, 1.54) is 25.7 Å². The molecule has 0 radical (unpaired) electrons. The third kappa shape index (κ3) is 4.37. The van der Waals surface area contributed by atoms with E-state index >= 15 is 0 Å². The topological polar surface area (TPSA) is 50.9 Å². The number of ether oxygens (including phenoxy) is 1. The largest absolute Gasteiger partial charge is 0.382 e.